The van der Waals surface area contributed by atoms with Crippen molar-refractivity contribution in [1.29, 1.82) is 0 Å². The van der Waals surface area contributed by atoms with E-state index >= 15 is 0 Å². The van der Waals surface area contributed by atoms with E-state index in [-0.39, 0.29) is 6.42 Å². The molecule has 0 aliphatic heterocycles. The van der Waals surface area contributed by atoms with E-state index < -0.39 is 18.1 Å². The highest BCUT2D eigenvalue weighted by atomic mass is 79.9. The maximum absolute atomic E-state index is 13.0. The zero-order valence-corrected chi connectivity index (χ0v) is 12.3. The van der Waals surface area contributed by atoms with Crippen LogP contribution in [0.1, 0.15) is 31.2 Å². The quantitative estimate of drug-likeness (QED) is 0.774. The van der Waals surface area contributed by atoms with Gasteiger partial charge < -0.3 is 5.32 Å². The number of aryl methyl sites for hydroxylation is 1. The summed E-state index contributed by atoms with van der Waals surface area (Å²) in [5.41, 5.74) is 1.78. The summed E-state index contributed by atoms with van der Waals surface area (Å²) in [4.78, 5) is 0. The van der Waals surface area contributed by atoms with E-state index in [0.717, 1.165) is 22.1 Å². The van der Waals surface area contributed by atoms with Crippen LogP contribution in [0.3, 0.4) is 0 Å². The molecule has 0 saturated heterocycles. The Morgan fingerprint density at radius 2 is 1.84 bits per heavy atom. The molecule has 2 atom stereocenters. The van der Waals surface area contributed by atoms with E-state index in [0.29, 0.717) is 12.8 Å². The lowest BCUT2D eigenvalue weighted by molar-refractivity contribution is -0.184. The van der Waals surface area contributed by atoms with Crippen molar-refractivity contribution < 1.29 is 13.2 Å². The van der Waals surface area contributed by atoms with Crippen molar-refractivity contribution in [2.24, 2.45) is 5.92 Å². The van der Waals surface area contributed by atoms with Gasteiger partial charge in [0.15, 0.2) is 0 Å². The molecule has 19 heavy (non-hydrogen) atoms. The first-order chi connectivity index (χ1) is 8.86. The number of alkyl halides is 3. The maximum Gasteiger partial charge on any atom is 0.393 e. The lowest BCUT2D eigenvalue weighted by Crippen LogP contribution is -2.41. The fourth-order valence-corrected chi connectivity index (χ4v) is 3.34. The monoisotopic (exact) mass is 335 g/mol. The minimum atomic E-state index is -4.11. The molecule has 1 aliphatic carbocycles. The summed E-state index contributed by atoms with van der Waals surface area (Å²) < 4.78 is 39.9. The predicted octanol–water partition coefficient (Wildman–Crippen LogP) is 5.29. The first-order valence-corrected chi connectivity index (χ1v) is 7.26. The van der Waals surface area contributed by atoms with E-state index in [9.17, 15) is 13.2 Å². The van der Waals surface area contributed by atoms with Gasteiger partial charge in [-0.2, -0.15) is 13.2 Å². The van der Waals surface area contributed by atoms with Crippen LogP contribution in [-0.4, -0.2) is 12.2 Å². The lowest BCUT2D eigenvalue weighted by Gasteiger charge is -2.34. The lowest BCUT2D eigenvalue weighted by atomic mass is 9.84. The van der Waals surface area contributed by atoms with Crippen LogP contribution in [0.25, 0.3) is 0 Å². The first-order valence-electron chi connectivity index (χ1n) is 6.47. The number of halogens is 4. The van der Waals surface area contributed by atoms with Crippen LogP contribution >= 0.6 is 15.9 Å². The summed E-state index contributed by atoms with van der Waals surface area (Å²) in [6, 6.07) is 5.14. The molecule has 2 rings (SSSR count). The fourth-order valence-electron chi connectivity index (χ4n) is 2.73. The highest BCUT2D eigenvalue weighted by molar-refractivity contribution is 9.10. The smallest absolute Gasteiger partial charge is 0.382 e. The van der Waals surface area contributed by atoms with Crippen molar-refractivity contribution in [3.8, 4) is 0 Å². The zero-order chi connectivity index (χ0) is 14.0. The molecule has 0 spiro atoms. The van der Waals surface area contributed by atoms with Crippen molar-refractivity contribution in [1.82, 2.24) is 0 Å². The Kier molecular flexibility index (Phi) is 4.43. The number of rotatable bonds is 2. The van der Waals surface area contributed by atoms with E-state index in [1.807, 2.05) is 25.1 Å². The number of hydrogen-bond acceptors (Lipinski definition) is 1. The van der Waals surface area contributed by atoms with Gasteiger partial charge in [0.05, 0.1) is 5.92 Å². The Hall–Kier alpha value is -0.710. The number of benzene rings is 1. The van der Waals surface area contributed by atoms with Crippen LogP contribution in [0.15, 0.2) is 22.7 Å². The summed E-state index contributed by atoms with van der Waals surface area (Å²) >= 11 is 3.37. The molecule has 1 nitrogen and oxygen atoms in total. The standard InChI is InChI=1S/C14H17BrF3N/c1-9-6-10(15)8-11(7-9)19-13-5-3-2-4-12(13)14(16,17)18/h6-8,12-13,19H,2-5H2,1H3. The minimum Gasteiger partial charge on any atom is -0.382 e. The molecule has 1 N–H and O–H groups in total. The molecule has 0 aromatic heterocycles. The van der Waals surface area contributed by atoms with E-state index in [1.54, 1.807) is 0 Å². The molecule has 1 aromatic carbocycles. The molecule has 106 valence electrons. The van der Waals surface area contributed by atoms with E-state index in [4.69, 9.17) is 0 Å². The molecular weight excluding hydrogens is 319 g/mol. The van der Waals surface area contributed by atoms with Crippen LogP contribution in [-0.2, 0) is 0 Å². The Labute approximate surface area is 119 Å². The number of hydrogen-bond donors (Lipinski definition) is 1. The predicted molar refractivity (Wildman–Crippen MR) is 74.3 cm³/mol. The number of anilines is 1. The van der Waals surface area contributed by atoms with Gasteiger partial charge in [-0.25, -0.2) is 0 Å². The minimum absolute atomic E-state index is 0.230. The van der Waals surface area contributed by atoms with E-state index in [2.05, 4.69) is 21.2 Å². The summed E-state index contributed by atoms with van der Waals surface area (Å²) in [6.07, 6.45) is -1.78. The highest BCUT2D eigenvalue weighted by Gasteiger charge is 2.45. The van der Waals surface area contributed by atoms with Gasteiger partial charge in [-0.3, -0.25) is 0 Å². The Morgan fingerprint density at radius 3 is 2.47 bits per heavy atom. The van der Waals surface area contributed by atoms with Gasteiger partial charge in [0.25, 0.3) is 0 Å². The third-order valence-corrected chi connectivity index (χ3v) is 4.04. The molecule has 0 bridgehead atoms. The van der Waals surface area contributed by atoms with Crippen LogP contribution < -0.4 is 5.32 Å². The SMILES string of the molecule is Cc1cc(Br)cc(NC2CCCCC2C(F)(F)F)c1. The van der Waals surface area contributed by atoms with E-state index in [1.165, 1.54) is 0 Å². The molecule has 5 heteroatoms. The molecule has 0 radical (unpaired) electrons. The Bertz CT molecular complexity index is 425. The van der Waals surface area contributed by atoms with Crippen LogP contribution in [0, 0.1) is 12.8 Å². The van der Waals surface area contributed by atoms with Crippen molar-refractivity contribution in [3.05, 3.63) is 28.2 Å². The Morgan fingerprint density at radius 1 is 1.16 bits per heavy atom. The molecule has 2 unspecified atom stereocenters. The third kappa shape index (κ3) is 3.88. The van der Waals surface area contributed by atoms with Gasteiger partial charge in [-0.15, -0.1) is 0 Å². The zero-order valence-electron chi connectivity index (χ0n) is 10.7. The van der Waals surface area contributed by atoms with Crippen LogP contribution in [0.2, 0.25) is 0 Å². The van der Waals surface area contributed by atoms with Gasteiger partial charge in [-0.1, -0.05) is 28.8 Å². The molecule has 1 fully saturated rings. The second kappa shape index (κ2) is 5.73. The van der Waals surface area contributed by atoms with Gasteiger partial charge >= 0.3 is 6.18 Å². The summed E-state index contributed by atoms with van der Waals surface area (Å²) in [7, 11) is 0. The Balaban J connectivity index is 2.15. The topological polar surface area (TPSA) is 12.0 Å². The highest BCUT2D eigenvalue weighted by Crippen LogP contribution is 2.39. The summed E-state index contributed by atoms with van der Waals surface area (Å²) in [5, 5.41) is 3.07. The second-order valence-electron chi connectivity index (χ2n) is 5.20. The maximum atomic E-state index is 13.0. The van der Waals surface area contributed by atoms with Crippen molar-refractivity contribution >= 4 is 21.6 Å². The van der Waals surface area contributed by atoms with Crippen molar-refractivity contribution in [2.45, 2.75) is 44.8 Å². The second-order valence-corrected chi connectivity index (χ2v) is 6.12. The average molecular weight is 336 g/mol. The normalized spacial score (nSPS) is 24.3. The summed E-state index contributed by atoms with van der Waals surface area (Å²) in [5.74, 6) is -1.24. The average Bonchev–Trinajstić information content (AvgIpc) is 2.26. The first kappa shape index (κ1) is 14.7. The molecular formula is C14H17BrF3N. The third-order valence-electron chi connectivity index (χ3n) is 3.58. The van der Waals surface area contributed by atoms with Gasteiger partial charge in [0, 0.05) is 16.2 Å². The largest absolute Gasteiger partial charge is 0.393 e. The molecule has 0 heterocycles. The number of nitrogens with one attached hydrogen (secondary N) is 1. The molecule has 0 amide bonds. The molecule has 1 aliphatic rings. The van der Waals surface area contributed by atoms with Crippen LogP contribution in [0.5, 0.6) is 0 Å². The molecule has 1 aromatic rings. The van der Waals surface area contributed by atoms with Crippen molar-refractivity contribution in [3.63, 3.8) is 0 Å². The fraction of sp³-hybridized carbons (Fsp3) is 0.571. The molecule has 1 saturated carbocycles. The van der Waals surface area contributed by atoms with Crippen molar-refractivity contribution in [2.75, 3.05) is 5.32 Å². The van der Waals surface area contributed by atoms with Gasteiger partial charge in [-0.05, 0) is 43.5 Å². The van der Waals surface area contributed by atoms with Gasteiger partial charge in [0.2, 0.25) is 0 Å². The van der Waals surface area contributed by atoms with Crippen LogP contribution in [0.4, 0.5) is 18.9 Å². The van der Waals surface area contributed by atoms with Gasteiger partial charge in [0.1, 0.15) is 0 Å². The summed E-state index contributed by atoms with van der Waals surface area (Å²) in [6.45, 7) is 1.93.